The molecule has 1 aromatic heterocycles. The SMILES string of the molecule is CC=C[C@H](CC(=O)O)c1ccc(OCc2ccc3c(cnn3CC(C)C)c2)cc1. The van der Waals surface area contributed by atoms with Crippen LogP contribution in [0.3, 0.4) is 0 Å². The van der Waals surface area contributed by atoms with E-state index in [-0.39, 0.29) is 12.3 Å². The lowest BCUT2D eigenvalue weighted by Crippen LogP contribution is -2.05. The van der Waals surface area contributed by atoms with Crippen molar-refractivity contribution in [3.63, 3.8) is 0 Å². The summed E-state index contributed by atoms with van der Waals surface area (Å²) in [6, 6.07) is 13.9. The highest BCUT2D eigenvalue weighted by Gasteiger charge is 2.12. The van der Waals surface area contributed by atoms with Crippen LogP contribution in [0.4, 0.5) is 0 Å². The fraction of sp³-hybridized carbons (Fsp3) is 0.333. The van der Waals surface area contributed by atoms with E-state index in [4.69, 9.17) is 9.84 Å². The molecular formula is C24H28N2O3. The van der Waals surface area contributed by atoms with Gasteiger partial charge in [0.05, 0.1) is 18.1 Å². The van der Waals surface area contributed by atoms with Crippen LogP contribution in [0, 0.1) is 5.92 Å². The predicted molar refractivity (Wildman–Crippen MR) is 115 cm³/mol. The van der Waals surface area contributed by atoms with Crippen LogP contribution >= 0.6 is 0 Å². The normalized spacial score (nSPS) is 12.7. The van der Waals surface area contributed by atoms with Gasteiger partial charge in [-0.05, 0) is 48.2 Å². The third-order valence-electron chi connectivity index (χ3n) is 4.78. The summed E-state index contributed by atoms with van der Waals surface area (Å²) in [5.74, 6) is 0.378. The Hall–Kier alpha value is -3.08. The molecule has 0 aliphatic carbocycles. The van der Waals surface area contributed by atoms with Crippen molar-refractivity contribution in [2.45, 2.75) is 46.3 Å². The summed E-state index contributed by atoms with van der Waals surface area (Å²) in [5.41, 5.74) is 3.19. The second-order valence-electron chi connectivity index (χ2n) is 7.70. The van der Waals surface area contributed by atoms with Gasteiger partial charge in [-0.25, -0.2) is 0 Å². The van der Waals surface area contributed by atoms with Crippen molar-refractivity contribution in [3.8, 4) is 5.75 Å². The van der Waals surface area contributed by atoms with Crippen LogP contribution < -0.4 is 4.74 Å². The van der Waals surface area contributed by atoms with Crippen LogP contribution in [0.25, 0.3) is 10.9 Å². The summed E-state index contributed by atoms with van der Waals surface area (Å²) in [6.07, 6.45) is 5.78. The zero-order chi connectivity index (χ0) is 20.8. The van der Waals surface area contributed by atoms with Gasteiger partial charge < -0.3 is 9.84 Å². The Balaban J connectivity index is 1.66. The van der Waals surface area contributed by atoms with Crippen molar-refractivity contribution < 1.29 is 14.6 Å². The summed E-state index contributed by atoms with van der Waals surface area (Å²) < 4.78 is 7.97. The Kier molecular flexibility index (Phi) is 6.70. The van der Waals surface area contributed by atoms with E-state index in [0.717, 1.165) is 34.3 Å². The Morgan fingerprint density at radius 3 is 2.62 bits per heavy atom. The van der Waals surface area contributed by atoms with Crippen molar-refractivity contribution in [2.24, 2.45) is 5.92 Å². The maximum absolute atomic E-state index is 11.1. The van der Waals surface area contributed by atoms with Crippen LogP contribution in [-0.4, -0.2) is 20.9 Å². The largest absolute Gasteiger partial charge is 0.489 e. The van der Waals surface area contributed by atoms with Crippen LogP contribution in [0.2, 0.25) is 0 Å². The number of aliphatic carboxylic acids is 1. The molecule has 29 heavy (non-hydrogen) atoms. The van der Waals surface area contributed by atoms with Gasteiger partial charge in [0.1, 0.15) is 12.4 Å². The van der Waals surface area contributed by atoms with E-state index in [0.29, 0.717) is 12.5 Å². The van der Waals surface area contributed by atoms with Crippen LogP contribution in [0.1, 0.15) is 44.2 Å². The Bertz CT molecular complexity index is 987. The molecule has 0 spiro atoms. The molecule has 0 bridgehead atoms. The van der Waals surface area contributed by atoms with E-state index < -0.39 is 5.97 Å². The van der Waals surface area contributed by atoms with Gasteiger partial charge >= 0.3 is 5.97 Å². The van der Waals surface area contributed by atoms with Crippen molar-refractivity contribution >= 4 is 16.9 Å². The minimum atomic E-state index is -0.805. The average molecular weight is 392 g/mol. The lowest BCUT2D eigenvalue weighted by atomic mass is 9.95. The first-order chi connectivity index (χ1) is 14.0. The molecule has 0 saturated heterocycles. The molecule has 0 saturated carbocycles. The molecule has 152 valence electrons. The second-order valence-corrected chi connectivity index (χ2v) is 7.70. The maximum Gasteiger partial charge on any atom is 0.304 e. The quantitative estimate of drug-likeness (QED) is 0.495. The molecular weight excluding hydrogens is 364 g/mol. The van der Waals surface area contributed by atoms with E-state index >= 15 is 0 Å². The summed E-state index contributed by atoms with van der Waals surface area (Å²) in [7, 11) is 0. The minimum absolute atomic E-state index is 0.0784. The average Bonchev–Trinajstić information content (AvgIpc) is 3.07. The van der Waals surface area contributed by atoms with E-state index in [1.54, 1.807) is 0 Å². The molecule has 5 heteroatoms. The summed E-state index contributed by atoms with van der Waals surface area (Å²) in [4.78, 5) is 11.1. The molecule has 3 rings (SSSR count). The molecule has 0 fully saturated rings. The van der Waals surface area contributed by atoms with Gasteiger partial charge in [-0.3, -0.25) is 9.48 Å². The number of ether oxygens (including phenoxy) is 1. The molecule has 1 atom stereocenters. The number of nitrogens with zero attached hydrogens (tertiary/aromatic N) is 2. The highest BCUT2D eigenvalue weighted by molar-refractivity contribution is 5.79. The number of carboxylic acid groups (broad SMARTS) is 1. The molecule has 0 aliphatic heterocycles. The first kappa shape index (κ1) is 20.6. The van der Waals surface area contributed by atoms with Crippen molar-refractivity contribution in [2.75, 3.05) is 0 Å². The molecule has 5 nitrogen and oxygen atoms in total. The number of carboxylic acids is 1. The van der Waals surface area contributed by atoms with Crippen LogP contribution in [0.5, 0.6) is 5.75 Å². The maximum atomic E-state index is 11.1. The van der Waals surface area contributed by atoms with E-state index in [1.165, 1.54) is 0 Å². The number of hydrogen-bond donors (Lipinski definition) is 1. The number of rotatable bonds is 9. The first-order valence-corrected chi connectivity index (χ1v) is 9.98. The third kappa shape index (κ3) is 5.47. The summed E-state index contributed by atoms with van der Waals surface area (Å²) >= 11 is 0. The third-order valence-corrected chi connectivity index (χ3v) is 4.78. The standard InChI is InChI=1S/C24H28N2O3/c1-4-5-20(13-24(27)28)19-7-9-22(10-8-19)29-16-18-6-11-23-21(12-18)14-25-26(23)15-17(2)3/h4-12,14,17,20H,13,15-16H2,1-3H3,(H,27,28)/t20-/m1/s1. The first-order valence-electron chi connectivity index (χ1n) is 9.98. The Morgan fingerprint density at radius 1 is 1.21 bits per heavy atom. The molecule has 1 N–H and O–H groups in total. The summed E-state index contributed by atoms with van der Waals surface area (Å²) in [5, 5.41) is 14.7. The highest BCUT2D eigenvalue weighted by Crippen LogP contribution is 2.25. The minimum Gasteiger partial charge on any atom is -0.489 e. The number of carbonyl (C=O) groups is 1. The van der Waals surface area contributed by atoms with E-state index in [9.17, 15) is 4.79 Å². The van der Waals surface area contributed by atoms with Gasteiger partial charge in [-0.1, -0.05) is 44.2 Å². The number of hydrogen-bond acceptors (Lipinski definition) is 3. The smallest absolute Gasteiger partial charge is 0.304 e. The zero-order valence-corrected chi connectivity index (χ0v) is 17.2. The van der Waals surface area contributed by atoms with Crippen LogP contribution in [-0.2, 0) is 17.9 Å². The molecule has 0 amide bonds. The topological polar surface area (TPSA) is 64.3 Å². The van der Waals surface area contributed by atoms with Crippen molar-refractivity contribution in [1.29, 1.82) is 0 Å². The van der Waals surface area contributed by atoms with Gasteiger partial charge in [0.2, 0.25) is 0 Å². The molecule has 0 aliphatic rings. The fourth-order valence-corrected chi connectivity index (χ4v) is 3.41. The molecule has 3 aromatic rings. The van der Waals surface area contributed by atoms with Gasteiger partial charge in [-0.15, -0.1) is 0 Å². The second kappa shape index (κ2) is 9.41. The molecule has 0 unspecified atom stereocenters. The Morgan fingerprint density at radius 2 is 1.97 bits per heavy atom. The summed E-state index contributed by atoms with van der Waals surface area (Å²) in [6.45, 7) is 7.64. The van der Waals surface area contributed by atoms with Gasteiger partial charge in [0.15, 0.2) is 0 Å². The van der Waals surface area contributed by atoms with E-state index in [1.807, 2.05) is 54.2 Å². The number of benzene rings is 2. The zero-order valence-electron chi connectivity index (χ0n) is 17.2. The van der Waals surface area contributed by atoms with Gasteiger partial charge in [0.25, 0.3) is 0 Å². The monoisotopic (exact) mass is 392 g/mol. The number of allylic oxidation sites excluding steroid dienone is 2. The molecule has 1 heterocycles. The number of aromatic nitrogens is 2. The van der Waals surface area contributed by atoms with Gasteiger partial charge in [0, 0.05) is 17.8 Å². The van der Waals surface area contributed by atoms with Gasteiger partial charge in [-0.2, -0.15) is 5.10 Å². The van der Waals surface area contributed by atoms with E-state index in [2.05, 4.69) is 37.1 Å². The fourth-order valence-electron chi connectivity index (χ4n) is 3.41. The highest BCUT2D eigenvalue weighted by atomic mass is 16.5. The lowest BCUT2D eigenvalue weighted by molar-refractivity contribution is -0.137. The molecule has 2 aromatic carbocycles. The number of fused-ring (bicyclic) bond motifs is 1. The lowest BCUT2D eigenvalue weighted by Gasteiger charge is -2.12. The Labute approximate surface area is 171 Å². The van der Waals surface area contributed by atoms with Crippen LogP contribution in [0.15, 0.2) is 60.8 Å². The predicted octanol–water partition coefficient (Wildman–Crippen LogP) is 5.41. The molecule has 0 radical (unpaired) electrons. The van der Waals surface area contributed by atoms with Crippen molar-refractivity contribution in [3.05, 3.63) is 71.9 Å². The van der Waals surface area contributed by atoms with Crippen molar-refractivity contribution in [1.82, 2.24) is 9.78 Å².